The van der Waals surface area contributed by atoms with Gasteiger partial charge in [-0.25, -0.2) is 0 Å². The van der Waals surface area contributed by atoms with Gasteiger partial charge in [-0.3, -0.25) is 14.1 Å². The Morgan fingerprint density at radius 2 is 1.84 bits per heavy atom. The van der Waals surface area contributed by atoms with Gasteiger partial charge >= 0.3 is 0 Å². The van der Waals surface area contributed by atoms with E-state index in [-0.39, 0.29) is 11.1 Å². The number of nitrogens with zero attached hydrogens (tertiary/aromatic N) is 4. The monoisotopic (exact) mass is 567 g/mol. The van der Waals surface area contributed by atoms with Crippen LogP contribution in [0.5, 0.6) is 0 Å². The van der Waals surface area contributed by atoms with E-state index in [2.05, 4.69) is 88.4 Å². The lowest BCUT2D eigenvalue weighted by molar-refractivity contribution is -0.104. The summed E-state index contributed by atoms with van der Waals surface area (Å²) in [6.07, 6.45) is 10.5. The topological polar surface area (TPSA) is 53.4 Å². The van der Waals surface area contributed by atoms with Crippen LogP contribution in [-0.4, -0.2) is 65.4 Å². The fraction of sp³-hybridized carbons (Fsp3) is 0.667. The second kappa shape index (κ2) is 20.5. The molecular weight excluding hydrogens is 509 g/mol. The third-order valence-corrected chi connectivity index (χ3v) is 8.51. The van der Waals surface area contributed by atoms with E-state index in [9.17, 15) is 4.79 Å². The predicted molar refractivity (Wildman–Crippen MR) is 174 cm³/mol. The first-order chi connectivity index (χ1) is 17.8. The molecule has 1 aromatic rings. The van der Waals surface area contributed by atoms with Crippen molar-refractivity contribution in [2.24, 2.45) is 0 Å². The molecule has 2 atom stereocenters. The molecule has 1 fully saturated rings. The fourth-order valence-corrected chi connectivity index (χ4v) is 6.30. The molecule has 0 aliphatic carbocycles. The van der Waals surface area contributed by atoms with Crippen molar-refractivity contribution in [2.75, 3.05) is 34.2 Å². The highest BCUT2D eigenvalue weighted by atomic mass is 32.2. The summed E-state index contributed by atoms with van der Waals surface area (Å²) in [5.41, 5.74) is 2.63. The van der Waals surface area contributed by atoms with Gasteiger partial charge in [0.1, 0.15) is 11.7 Å². The number of hydrogen-bond donors (Lipinski definition) is 1. The molecule has 2 unspecified atom stereocenters. The number of carbonyl (C=O) groups is 1. The Hall–Kier alpha value is -1.40. The summed E-state index contributed by atoms with van der Waals surface area (Å²) in [6, 6.07) is 0. The maximum absolute atomic E-state index is 9.48. The molecule has 0 amide bonds. The van der Waals surface area contributed by atoms with Crippen LogP contribution in [0.25, 0.3) is 0 Å². The minimum Gasteiger partial charge on any atom is -0.383 e. The van der Waals surface area contributed by atoms with Crippen LogP contribution in [0, 0.1) is 6.92 Å². The first kappa shape index (κ1) is 38.7. The minimum atomic E-state index is -0.0267. The largest absolute Gasteiger partial charge is 0.383 e. The lowest BCUT2D eigenvalue weighted by Crippen LogP contribution is -2.45. The maximum Gasteiger partial charge on any atom is 0.142 e. The van der Waals surface area contributed by atoms with Crippen LogP contribution in [0.4, 0.5) is 0 Å². The molecule has 0 spiro atoms. The van der Waals surface area contributed by atoms with Crippen molar-refractivity contribution >= 4 is 32.2 Å². The van der Waals surface area contributed by atoms with E-state index in [1.807, 2.05) is 40.0 Å². The van der Waals surface area contributed by atoms with Gasteiger partial charge in [-0.1, -0.05) is 58.2 Å². The van der Waals surface area contributed by atoms with E-state index in [1.165, 1.54) is 34.9 Å². The first-order valence-corrected chi connectivity index (χ1v) is 15.6. The first-order valence-electron chi connectivity index (χ1n) is 13.9. The van der Waals surface area contributed by atoms with E-state index in [0.717, 1.165) is 37.2 Å². The lowest BCUT2D eigenvalue weighted by Gasteiger charge is -2.37. The normalized spacial score (nSPS) is 17.4. The van der Waals surface area contributed by atoms with Crippen LogP contribution in [0.2, 0.25) is 0 Å². The lowest BCUT2D eigenvalue weighted by atomic mass is 10.0. The number of allylic oxidation sites excluding steroid dienone is 3. The molecule has 220 valence electrons. The van der Waals surface area contributed by atoms with Gasteiger partial charge in [0.25, 0.3) is 0 Å². The average molecular weight is 568 g/mol. The molecule has 6 nitrogen and oxygen atoms in total. The average Bonchev–Trinajstić information content (AvgIpc) is 3.38. The van der Waals surface area contributed by atoms with Crippen molar-refractivity contribution in [1.29, 1.82) is 0 Å². The molecule has 0 radical (unpaired) electrons. The zero-order chi connectivity index (χ0) is 29.9. The highest BCUT2D eigenvalue weighted by Gasteiger charge is 2.38. The standard InChI is InChI=1S/C19H36N5PS.C5H8O.C4H8.C2H6/c1-14-16(26-15(2)20-7)17(21-24(14)18(3,4)5)25-23-12-10-11-19(23,6)13-22(8)9;1-2-3-4-5-6;1-3-4-2;1-2/h20,25H,2,10-13H2,1,3-9H3;3-5H,2H2,1H3;3H,1,4H2,2H3;1-2H3/b;4-3+;;. The number of likely N-dealkylation sites (N-methyl/N-ethyl adjacent to an activating group) is 1. The summed E-state index contributed by atoms with van der Waals surface area (Å²) in [5, 5.41) is 9.19. The Labute approximate surface area is 241 Å². The molecule has 0 saturated carbocycles. The molecule has 1 N–H and O–H groups in total. The summed E-state index contributed by atoms with van der Waals surface area (Å²) >= 11 is 1.71. The van der Waals surface area contributed by atoms with Crippen LogP contribution >= 0.6 is 20.5 Å². The summed E-state index contributed by atoms with van der Waals surface area (Å²) in [7, 11) is 6.85. The highest BCUT2D eigenvalue weighted by Crippen LogP contribution is 2.41. The number of thioether (sulfide) groups is 1. The summed E-state index contributed by atoms with van der Waals surface area (Å²) in [4.78, 5) is 13.0. The summed E-state index contributed by atoms with van der Waals surface area (Å²) in [5.74, 6) is 0. The Balaban J connectivity index is 0. The molecular formula is C30H58N5OPS. The van der Waals surface area contributed by atoms with Crippen LogP contribution in [0.1, 0.15) is 86.8 Å². The highest BCUT2D eigenvalue weighted by molar-refractivity contribution is 8.03. The van der Waals surface area contributed by atoms with Crippen molar-refractivity contribution in [3.63, 3.8) is 0 Å². The Morgan fingerprint density at radius 1 is 1.26 bits per heavy atom. The van der Waals surface area contributed by atoms with Gasteiger partial charge in [-0.05, 0) is 80.5 Å². The van der Waals surface area contributed by atoms with Crippen molar-refractivity contribution in [3.8, 4) is 0 Å². The van der Waals surface area contributed by atoms with Crippen LogP contribution in [0.15, 0.2) is 41.3 Å². The molecule has 2 heterocycles. The second-order valence-electron chi connectivity index (χ2n) is 10.4. The van der Waals surface area contributed by atoms with E-state index in [0.29, 0.717) is 8.73 Å². The van der Waals surface area contributed by atoms with Gasteiger partial charge in [0.2, 0.25) is 0 Å². The third kappa shape index (κ3) is 14.1. The van der Waals surface area contributed by atoms with Gasteiger partial charge in [0, 0.05) is 34.4 Å². The van der Waals surface area contributed by atoms with Gasteiger partial charge in [0.05, 0.1) is 21.2 Å². The zero-order valence-electron chi connectivity index (χ0n) is 26.6. The van der Waals surface area contributed by atoms with Crippen molar-refractivity contribution < 1.29 is 4.79 Å². The number of rotatable bonds is 10. The maximum atomic E-state index is 9.48. The summed E-state index contributed by atoms with van der Waals surface area (Å²) < 4.78 is 4.83. The van der Waals surface area contributed by atoms with E-state index in [4.69, 9.17) is 5.10 Å². The zero-order valence-corrected chi connectivity index (χ0v) is 28.4. The van der Waals surface area contributed by atoms with Crippen molar-refractivity contribution in [3.05, 3.63) is 42.1 Å². The molecule has 1 aliphatic rings. The third-order valence-electron chi connectivity index (χ3n) is 5.59. The number of nitrogens with one attached hydrogen (secondary N) is 1. The van der Waals surface area contributed by atoms with Crippen LogP contribution in [0.3, 0.4) is 0 Å². The van der Waals surface area contributed by atoms with Gasteiger partial charge in [-0.15, -0.1) is 6.58 Å². The van der Waals surface area contributed by atoms with Crippen molar-refractivity contribution in [1.82, 2.24) is 24.7 Å². The van der Waals surface area contributed by atoms with E-state index in [1.54, 1.807) is 11.8 Å². The molecule has 0 bridgehead atoms. The number of hydrogen-bond acceptors (Lipinski definition) is 6. The molecule has 1 saturated heterocycles. The molecule has 38 heavy (non-hydrogen) atoms. The predicted octanol–water partition coefficient (Wildman–Crippen LogP) is 7.12. The molecule has 0 aromatic carbocycles. The smallest absolute Gasteiger partial charge is 0.142 e. The van der Waals surface area contributed by atoms with E-state index < -0.39 is 0 Å². The summed E-state index contributed by atoms with van der Waals surface area (Å²) in [6.45, 7) is 29.1. The molecule has 1 aromatic heterocycles. The van der Waals surface area contributed by atoms with Gasteiger partial charge < -0.3 is 10.2 Å². The number of aldehydes is 1. The molecule has 2 rings (SSSR count). The Kier molecular flexibility index (Phi) is 20.9. The Morgan fingerprint density at radius 3 is 2.24 bits per heavy atom. The Bertz CT molecular complexity index is 844. The molecule has 1 aliphatic heterocycles. The second-order valence-corrected chi connectivity index (χ2v) is 12.7. The number of aromatic nitrogens is 2. The van der Waals surface area contributed by atoms with Crippen molar-refractivity contribution in [2.45, 2.75) is 104 Å². The quantitative estimate of drug-likeness (QED) is 0.107. The van der Waals surface area contributed by atoms with E-state index >= 15 is 0 Å². The van der Waals surface area contributed by atoms with Crippen LogP contribution in [-0.2, 0) is 10.3 Å². The van der Waals surface area contributed by atoms with Crippen LogP contribution < -0.4 is 10.8 Å². The SMILES string of the molecule is C=C(NC)Sc1c(PN2CCCC2(C)CN(C)C)nn(C(C)(C)C)c1C.C=CCC.CC.CC/C=C/C=O. The fourth-order valence-electron chi connectivity index (χ4n) is 3.89. The number of carbonyl (C=O) groups excluding carboxylic acids is 1. The molecule has 8 heteroatoms. The van der Waals surface area contributed by atoms with Gasteiger partial charge in [0.15, 0.2) is 0 Å². The van der Waals surface area contributed by atoms with Gasteiger partial charge in [-0.2, -0.15) is 5.10 Å². The minimum absolute atomic E-state index is 0.0267.